The highest BCUT2D eigenvalue weighted by Gasteiger charge is 2.29. The van der Waals surface area contributed by atoms with Crippen LogP contribution in [0.3, 0.4) is 0 Å². The van der Waals surface area contributed by atoms with Gasteiger partial charge in [0.05, 0.1) is 13.2 Å². The van der Waals surface area contributed by atoms with Crippen LogP contribution in [0.5, 0.6) is 0 Å². The maximum atomic E-state index is 13.7. The van der Waals surface area contributed by atoms with Gasteiger partial charge >= 0.3 is 11.9 Å². The van der Waals surface area contributed by atoms with E-state index in [1.807, 2.05) is 11.4 Å². The number of carbonyl (C=O) groups excluding carboxylic acids is 5. The summed E-state index contributed by atoms with van der Waals surface area (Å²) < 4.78 is 4.97. The Labute approximate surface area is 331 Å². The Morgan fingerprint density at radius 1 is 0.727 bits per heavy atom. The van der Waals surface area contributed by atoms with Crippen molar-refractivity contribution in [2.75, 3.05) is 12.4 Å². The molecule has 0 aliphatic heterocycles. The molecule has 4 unspecified atom stereocenters. The van der Waals surface area contributed by atoms with Gasteiger partial charge in [0.25, 0.3) is 0 Å². The third-order valence-electron chi connectivity index (χ3n) is 8.38. The smallest absolute Gasteiger partial charge is 0.328 e. The molecule has 4 rings (SSSR count). The van der Waals surface area contributed by atoms with Crippen LogP contribution in [0.1, 0.15) is 34.4 Å². The molecule has 0 radical (unpaired) electrons. The third-order valence-corrected chi connectivity index (χ3v) is 9.87. The van der Waals surface area contributed by atoms with E-state index in [9.17, 15) is 33.9 Å². The van der Waals surface area contributed by atoms with Crippen LogP contribution in [0.15, 0.2) is 90.3 Å². The van der Waals surface area contributed by atoms with Crippen molar-refractivity contribution in [3.8, 4) is 0 Å². The van der Waals surface area contributed by atoms with E-state index in [4.69, 9.17) is 33.7 Å². The van der Waals surface area contributed by atoms with Crippen LogP contribution >= 0.6 is 34.5 Å². The number of ether oxygens (including phenoxy) is 1. The van der Waals surface area contributed by atoms with Gasteiger partial charge in [0.15, 0.2) is 0 Å². The number of methoxy groups -OCH3 is 1. The van der Waals surface area contributed by atoms with Gasteiger partial charge in [-0.05, 0) is 58.8 Å². The summed E-state index contributed by atoms with van der Waals surface area (Å²) in [6.07, 6.45) is -0.0562. The van der Waals surface area contributed by atoms with Gasteiger partial charge in [0.2, 0.25) is 23.6 Å². The molecule has 4 amide bonds. The summed E-state index contributed by atoms with van der Waals surface area (Å²) in [5.74, 6) is -4.16. The number of nitrogens with one attached hydrogen (secondary N) is 4. The molecular formula is C39H41Cl2N5O8S. The molecule has 3 aromatic carbocycles. The number of esters is 1. The summed E-state index contributed by atoms with van der Waals surface area (Å²) in [5, 5.41) is 22.6. The van der Waals surface area contributed by atoms with Crippen LogP contribution in [0, 0.1) is 0 Å². The lowest BCUT2D eigenvalue weighted by atomic mass is 10.0. The summed E-state index contributed by atoms with van der Waals surface area (Å²) >= 11 is 13.6. The lowest BCUT2D eigenvalue weighted by Gasteiger charge is -2.24. The first kappa shape index (κ1) is 42.5. The molecule has 0 bridgehead atoms. The van der Waals surface area contributed by atoms with Gasteiger partial charge in [-0.1, -0.05) is 77.8 Å². The van der Waals surface area contributed by atoms with Crippen LogP contribution in [0.25, 0.3) is 0 Å². The molecule has 1 aromatic heterocycles. The zero-order valence-corrected chi connectivity index (χ0v) is 32.1. The second-order valence-corrected chi connectivity index (χ2v) is 14.4. The summed E-state index contributed by atoms with van der Waals surface area (Å²) in [6.45, 7) is 0. The molecule has 0 aliphatic carbocycles. The predicted molar refractivity (Wildman–Crippen MR) is 210 cm³/mol. The Morgan fingerprint density at radius 3 is 2.02 bits per heavy atom. The minimum Gasteiger partial charge on any atom is -0.480 e. The monoisotopic (exact) mass is 809 g/mol. The molecule has 7 N–H and O–H groups in total. The topological polar surface area (TPSA) is 206 Å². The Kier molecular flexibility index (Phi) is 16.2. The number of carboxylic acids is 1. The molecule has 0 saturated heterocycles. The quantitative estimate of drug-likeness (QED) is 0.0754. The van der Waals surface area contributed by atoms with Crippen molar-refractivity contribution in [1.82, 2.24) is 16.0 Å². The van der Waals surface area contributed by atoms with Gasteiger partial charge in [-0.3, -0.25) is 19.2 Å². The zero-order valence-electron chi connectivity index (χ0n) is 29.8. The van der Waals surface area contributed by atoms with E-state index >= 15 is 0 Å². The molecule has 0 fully saturated rings. The van der Waals surface area contributed by atoms with E-state index in [-0.39, 0.29) is 38.5 Å². The summed E-state index contributed by atoms with van der Waals surface area (Å²) in [6, 6.07) is 19.5. The Bertz CT molecular complexity index is 1950. The van der Waals surface area contributed by atoms with Crippen LogP contribution in [-0.2, 0) is 59.2 Å². The van der Waals surface area contributed by atoms with E-state index in [1.165, 1.54) is 18.4 Å². The lowest BCUT2D eigenvalue weighted by Crippen LogP contribution is -2.56. The number of nitrogens with two attached hydrogens (primary N) is 1. The molecule has 16 heteroatoms. The number of carboxylic acid groups (broad SMARTS) is 1. The SMILES string of the molecule is COC(=O)C(Cc1ccc(NC(=O)CCC(=O)NC(Cc2cccs2)C(=O)O)cc1)NC(=O)C(Cc1ccccc1)NC(=O)C(N)Cc1ccc(Cl)cc1Cl. The number of carbonyl (C=O) groups is 6. The van der Waals surface area contributed by atoms with Crippen LogP contribution < -0.4 is 27.0 Å². The van der Waals surface area contributed by atoms with Gasteiger partial charge < -0.3 is 36.8 Å². The highest BCUT2D eigenvalue weighted by Crippen LogP contribution is 2.22. The van der Waals surface area contributed by atoms with Crippen molar-refractivity contribution in [2.45, 2.75) is 62.7 Å². The first-order chi connectivity index (χ1) is 26.3. The predicted octanol–water partition coefficient (Wildman–Crippen LogP) is 4.08. The van der Waals surface area contributed by atoms with Crippen LogP contribution in [0.2, 0.25) is 10.0 Å². The molecule has 55 heavy (non-hydrogen) atoms. The number of thiophene rings is 1. The van der Waals surface area contributed by atoms with Crippen molar-refractivity contribution in [1.29, 1.82) is 0 Å². The fourth-order valence-corrected chi connectivity index (χ4v) is 6.71. The minimum absolute atomic E-state index is 0.0175. The van der Waals surface area contributed by atoms with Crippen molar-refractivity contribution in [3.05, 3.63) is 122 Å². The lowest BCUT2D eigenvalue weighted by molar-refractivity contribution is -0.145. The van der Waals surface area contributed by atoms with Gasteiger partial charge in [0, 0.05) is 52.7 Å². The number of halogens is 2. The Balaban J connectivity index is 1.35. The normalized spacial score (nSPS) is 13.0. The Morgan fingerprint density at radius 2 is 1.38 bits per heavy atom. The van der Waals surface area contributed by atoms with E-state index in [2.05, 4.69) is 21.3 Å². The molecular weight excluding hydrogens is 769 g/mol. The summed E-state index contributed by atoms with van der Waals surface area (Å²) in [5.41, 5.74) is 8.60. The standard InChI is InChI=1S/C39H41Cl2N5O8S/c1-54-39(53)33(19-24-9-13-27(14-10-24)43-34(47)15-16-35(48)44-32(38(51)52)22-28-8-5-17-55-28)46-37(50)31(18-23-6-3-2-4-7-23)45-36(49)30(42)20-25-11-12-26(40)21-29(25)41/h2-14,17,21,30-33H,15-16,18-20,22,42H2,1H3,(H,43,47)(H,44,48)(H,45,49)(H,46,50)(H,51,52). The van der Waals surface area contributed by atoms with Crippen molar-refractivity contribution < 1.29 is 38.6 Å². The number of hydrogen-bond donors (Lipinski definition) is 6. The molecule has 290 valence electrons. The van der Waals surface area contributed by atoms with E-state index in [0.29, 0.717) is 26.9 Å². The number of aliphatic carboxylic acids is 1. The Hall–Kier alpha value is -5.28. The second-order valence-electron chi connectivity index (χ2n) is 12.6. The largest absolute Gasteiger partial charge is 0.480 e. The van der Waals surface area contributed by atoms with E-state index < -0.39 is 59.7 Å². The van der Waals surface area contributed by atoms with Gasteiger partial charge in [-0.2, -0.15) is 0 Å². The van der Waals surface area contributed by atoms with E-state index in [0.717, 1.165) is 10.4 Å². The second kappa shape index (κ2) is 21.0. The summed E-state index contributed by atoms with van der Waals surface area (Å²) in [7, 11) is 1.19. The first-order valence-electron chi connectivity index (χ1n) is 17.2. The zero-order chi connectivity index (χ0) is 39.9. The van der Waals surface area contributed by atoms with Gasteiger partial charge in [-0.25, -0.2) is 9.59 Å². The maximum Gasteiger partial charge on any atom is 0.328 e. The molecule has 13 nitrogen and oxygen atoms in total. The minimum atomic E-state index is -1.17. The van der Waals surface area contributed by atoms with Crippen molar-refractivity contribution in [3.63, 3.8) is 0 Å². The molecule has 0 saturated carbocycles. The first-order valence-corrected chi connectivity index (χ1v) is 18.8. The van der Waals surface area contributed by atoms with Gasteiger partial charge in [0.1, 0.15) is 18.1 Å². The maximum absolute atomic E-state index is 13.7. The number of rotatable bonds is 19. The number of amides is 4. The van der Waals surface area contributed by atoms with Gasteiger partial charge in [-0.15, -0.1) is 11.3 Å². The average molecular weight is 811 g/mol. The number of hydrogen-bond acceptors (Lipinski definition) is 9. The number of anilines is 1. The van der Waals surface area contributed by atoms with Crippen molar-refractivity contribution in [2.24, 2.45) is 5.73 Å². The molecule has 4 aromatic rings. The van der Waals surface area contributed by atoms with Crippen LogP contribution in [0.4, 0.5) is 5.69 Å². The fraction of sp³-hybridized carbons (Fsp3) is 0.282. The summed E-state index contributed by atoms with van der Waals surface area (Å²) in [4.78, 5) is 77.2. The molecule has 4 atom stereocenters. The van der Waals surface area contributed by atoms with E-state index in [1.54, 1.807) is 78.9 Å². The third kappa shape index (κ3) is 13.8. The molecule has 0 aliphatic rings. The fourth-order valence-electron chi connectivity index (χ4n) is 5.47. The molecule has 0 spiro atoms. The highest BCUT2D eigenvalue weighted by atomic mass is 35.5. The average Bonchev–Trinajstić information content (AvgIpc) is 3.68. The molecule has 1 heterocycles. The highest BCUT2D eigenvalue weighted by molar-refractivity contribution is 7.09. The van der Waals surface area contributed by atoms with Crippen LogP contribution in [-0.4, -0.2) is 72.0 Å². The number of benzene rings is 3. The van der Waals surface area contributed by atoms with Crippen molar-refractivity contribution >= 4 is 75.8 Å².